The van der Waals surface area contributed by atoms with E-state index in [4.69, 9.17) is 0 Å². The molecule has 1 heterocycles. The molecule has 7 heteroatoms. The Morgan fingerprint density at radius 2 is 2.14 bits per heavy atom. The lowest BCUT2D eigenvalue weighted by atomic mass is 10.1. The molecule has 3 N–H and O–H groups in total. The molecule has 1 aliphatic heterocycles. The number of carbonyl (C=O) groups is 2. The molecule has 1 fully saturated rings. The smallest absolute Gasteiger partial charge is 0.262 e. The first-order chi connectivity index (χ1) is 10.4. The monoisotopic (exact) mass is 311 g/mol. The number of benzene rings is 1. The second-order valence-corrected chi connectivity index (χ2v) is 5.27. The van der Waals surface area contributed by atoms with Crippen LogP contribution in [0, 0.1) is 0 Å². The Kier molecular flexibility index (Phi) is 5.07. The zero-order valence-electron chi connectivity index (χ0n) is 12.3. The average molecular weight is 311 g/mol. The fourth-order valence-electron chi connectivity index (χ4n) is 2.30. The van der Waals surface area contributed by atoms with E-state index in [1.54, 1.807) is 24.3 Å². The van der Waals surface area contributed by atoms with Crippen molar-refractivity contribution in [3.63, 3.8) is 0 Å². The van der Waals surface area contributed by atoms with Gasteiger partial charge >= 0.3 is 0 Å². The van der Waals surface area contributed by atoms with Gasteiger partial charge in [-0.25, -0.2) is 8.78 Å². The molecular formula is C15H19F2N3O2. The second-order valence-electron chi connectivity index (χ2n) is 5.27. The SMILES string of the molecule is CCNC(=O)c1cccc(CNC(=O)C2CC(F)(F)CN2)c1. The maximum atomic E-state index is 13.0. The van der Waals surface area contributed by atoms with Crippen molar-refractivity contribution in [1.29, 1.82) is 0 Å². The molecule has 0 saturated carbocycles. The van der Waals surface area contributed by atoms with Gasteiger partial charge in [-0.05, 0) is 24.6 Å². The van der Waals surface area contributed by atoms with E-state index in [-0.39, 0.29) is 12.5 Å². The molecule has 1 unspecified atom stereocenters. The highest BCUT2D eigenvalue weighted by molar-refractivity contribution is 5.94. The lowest BCUT2D eigenvalue weighted by Crippen LogP contribution is -2.40. The zero-order valence-corrected chi connectivity index (χ0v) is 12.3. The van der Waals surface area contributed by atoms with E-state index in [1.165, 1.54) is 0 Å². The van der Waals surface area contributed by atoms with Crippen LogP contribution in [0.2, 0.25) is 0 Å². The molecule has 1 aromatic carbocycles. The summed E-state index contributed by atoms with van der Waals surface area (Å²) in [4.78, 5) is 23.6. The number of rotatable bonds is 5. The van der Waals surface area contributed by atoms with Crippen LogP contribution in [0.4, 0.5) is 8.78 Å². The molecule has 120 valence electrons. The Morgan fingerprint density at radius 1 is 1.36 bits per heavy atom. The first kappa shape index (κ1) is 16.4. The van der Waals surface area contributed by atoms with Crippen LogP contribution in [-0.2, 0) is 11.3 Å². The Balaban J connectivity index is 1.90. The molecule has 1 saturated heterocycles. The minimum Gasteiger partial charge on any atom is -0.352 e. The van der Waals surface area contributed by atoms with Gasteiger partial charge in [-0.1, -0.05) is 12.1 Å². The summed E-state index contributed by atoms with van der Waals surface area (Å²) < 4.78 is 26.1. The van der Waals surface area contributed by atoms with Crippen LogP contribution >= 0.6 is 0 Å². The molecule has 0 spiro atoms. The summed E-state index contributed by atoms with van der Waals surface area (Å²) in [5, 5.41) is 7.80. The fourth-order valence-corrected chi connectivity index (χ4v) is 2.30. The third kappa shape index (κ3) is 4.24. The van der Waals surface area contributed by atoms with Gasteiger partial charge in [0.05, 0.1) is 12.6 Å². The van der Waals surface area contributed by atoms with Gasteiger partial charge in [0, 0.05) is 25.1 Å². The van der Waals surface area contributed by atoms with Crippen molar-refractivity contribution in [2.24, 2.45) is 0 Å². The highest BCUT2D eigenvalue weighted by atomic mass is 19.3. The molecule has 5 nitrogen and oxygen atoms in total. The standard InChI is InChI=1S/C15H19F2N3O2/c1-2-18-13(21)11-5-3-4-10(6-11)8-19-14(22)12-7-15(16,17)9-20-12/h3-6,12,20H,2,7-9H2,1H3,(H,18,21)(H,19,22). The molecule has 0 bridgehead atoms. The Bertz CT molecular complexity index is 563. The molecule has 0 aromatic heterocycles. The van der Waals surface area contributed by atoms with Crippen molar-refractivity contribution < 1.29 is 18.4 Å². The topological polar surface area (TPSA) is 70.2 Å². The molecule has 0 aliphatic carbocycles. The van der Waals surface area contributed by atoms with E-state index < -0.39 is 30.8 Å². The zero-order chi connectivity index (χ0) is 16.2. The third-order valence-corrected chi connectivity index (χ3v) is 3.42. The van der Waals surface area contributed by atoms with Gasteiger partial charge in [-0.15, -0.1) is 0 Å². The van der Waals surface area contributed by atoms with E-state index in [1.807, 2.05) is 6.92 Å². The van der Waals surface area contributed by atoms with E-state index in [2.05, 4.69) is 16.0 Å². The molecule has 2 amide bonds. The molecular weight excluding hydrogens is 292 g/mol. The largest absolute Gasteiger partial charge is 0.352 e. The Hall–Kier alpha value is -2.02. The van der Waals surface area contributed by atoms with Crippen LogP contribution in [0.15, 0.2) is 24.3 Å². The van der Waals surface area contributed by atoms with Crippen molar-refractivity contribution in [2.75, 3.05) is 13.1 Å². The van der Waals surface area contributed by atoms with Crippen LogP contribution in [-0.4, -0.2) is 36.9 Å². The molecule has 2 rings (SSSR count). The highest BCUT2D eigenvalue weighted by Gasteiger charge is 2.42. The lowest BCUT2D eigenvalue weighted by Gasteiger charge is -2.12. The number of carbonyl (C=O) groups excluding carboxylic acids is 2. The van der Waals surface area contributed by atoms with Gasteiger partial charge in [0.2, 0.25) is 5.91 Å². The maximum absolute atomic E-state index is 13.0. The van der Waals surface area contributed by atoms with Gasteiger partial charge in [-0.2, -0.15) is 0 Å². The fraction of sp³-hybridized carbons (Fsp3) is 0.467. The first-order valence-electron chi connectivity index (χ1n) is 7.17. The Labute approximate surface area is 127 Å². The summed E-state index contributed by atoms with van der Waals surface area (Å²) in [5.74, 6) is -3.48. The number of hydrogen-bond donors (Lipinski definition) is 3. The number of halogens is 2. The number of nitrogens with one attached hydrogen (secondary N) is 3. The molecule has 1 atom stereocenters. The van der Waals surface area contributed by atoms with E-state index in [9.17, 15) is 18.4 Å². The second kappa shape index (κ2) is 6.83. The van der Waals surface area contributed by atoms with Gasteiger partial charge in [0.25, 0.3) is 11.8 Å². The predicted octanol–water partition coefficient (Wildman–Crippen LogP) is 1.05. The molecule has 0 radical (unpaired) electrons. The number of amides is 2. The normalized spacial score (nSPS) is 19.7. The third-order valence-electron chi connectivity index (χ3n) is 3.42. The summed E-state index contributed by atoms with van der Waals surface area (Å²) in [6, 6.07) is 5.95. The van der Waals surface area contributed by atoms with E-state index in [0.717, 1.165) is 5.56 Å². The summed E-state index contributed by atoms with van der Waals surface area (Å²) in [5.41, 5.74) is 1.24. The average Bonchev–Trinajstić information content (AvgIpc) is 2.85. The van der Waals surface area contributed by atoms with Gasteiger partial charge in [-0.3, -0.25) is 14.9 Å². The summed E-state index contributed by atoms with van der Waals surface area (Å²) in [6.45, 7) is 2.07. The van der Waals surface area contributed by atoms with Crippen LogP contribution in [0.3, 0.4) is 0 Å². The van der Waals surface area contributed by atoms with Crippen LogP contribution in [0.5, 0.6) is 0 Å². The number of hydrogen-bond acceptors (Lipinski definition) is 3. The molecule has 22 heavy (non-hydrogen) atoms. The minimum absolute atomic E-state index is 0.187. The van der Waals surface area contributed by atoms with E-state index >= 15 is 0 Å². The predicted molar refractivity (Wildman–Crippen MR) is 77.7 cm³/mol. The van der Waals surface area contributed by atoms with E-state index in [0.29, 0.717) is 12.1 Å². The van der Waals surface area contributed by atoms with Crippen LogP contribution in [0.1, 0.15) is 29.3 Å². The summed E-state index contributed by atoms with van der Waals surface area (Å²) in [6.07, 6.45) is -0.488. The lowest BCUT2D eigenvalue weighted by molar-refractivity contribution is -0.123. The van der Waals surface area contributed by atoms with Crippen LogP contribution in [0.25, 0.3) is 0 Å². The van der Waals surface area contributed by atoms with Crippen molar-refractivity contribution in [1.82, 2.24) is 16.0 Å². The van der Waals surface area contributed by atoms with Crippen molar-refractivity contribution >= 4 is 11.8 Å². The van der Waals surface area contributed by atoms with Gasteiger partial charge in [0.1, 0.15) is 0 Å². The minimum atomic E-state index is -2.83. The van der Waals surface area contributed by atoms with Crippen molar-refractivity contribution in [3.8, 4) is 0 Å². The quantitative estimate of drug-likeness (QED) is 0.761. The molecule has 1 aromatic rings. The van der Waals surface area contributed by atoms with Crippen LogP contribution < -0.4 is 16.0 Å². The van der Waals surface area contributed by atoms with Crippen molar-refractivity contribution in [2.45, 2.75) is 31.9 Å². The summed E-state index contributed by atoms with van der Waals surface area (Å²) >= 11 is 0. The molecule has 1 aliphatic rings. The highest BCUT2D eigenvalue weighted by Crippen LogP contribution is 2.25. The van der Waals surface area contributed by atoms with Gasteiger partial charge in [0.15, 0.2) is 0 Å². The first-order valence-corrected chi connectivity index (χ1v) is 7.17. The Morgan fingerprint density at radius 3 is 2.77 bits per heavy atom. The maximum Gasteiger partial charge on any atom is 0.262 e. The number of alkyl halides is 2. The van der Waals surface area contributed by atoms with Gasteiger partial charge < -0.3 is 10.6 Å². The summed E-state index contributed by atoms with van der Waals surface area (Å²) in [7, 11) is 0. The van der Waals surface area contributed by atoms with Crippen molar-refractivity contribution in [3.05, 3.63) is 35.4 Å².